The zero-order chi connectivity index (χ0) is 20.3. The fourth-order valence-corrected chi connectivity index (χ4v) is 3.22. The van der Waals surface area contributed by atoms with Crippen LogP contribution in [-0.2, 0) is 28.6 Å². The third-order valence-electron chi connectivity index (χ3n) is 4.44. The van der Waals surface area contributed by atoms with E-state index in [1.54, 1.807) is 12.2 Å². The molecule has 0 radical (unpaired) electrons. The molecule has 6 nitrogen and oxygen atoms in total. The Hall–Kier alpha value is -3.15. The minimum Gasteiger partial charge on any atom is -0.462 e. The highest BCUT2D eigenvalue weighted by Gasteiger charge is 2.46. The largest absolute Gasteiger partial charge is 0.462 e. The number of fused-ring (bicyclic) bond motifs is 1. The highest BCUT2D eigenvalue weighted by molar-refractivity contribution is 5.98. The molecule has 3 rings (SSSR count). The Labute approximate surface area is 163 Å². The van der Waals surface area contributed by atoms with Crippen LogP contribution in [0.5, 0.6) is 0 Å². The van der Waals surface area contributed by atoms with E-state index in [0.717, 1.165) is 16.3 Å². The first kappa shape index (κ1) is 19.6. The molecule has 1 fully saturated rings. The van der Waals surface area contributed by atoms with Crippen molar-refractivity contribution in [3.63, 3.8) is 0 Å². The van der Waals surface area contributed by atoms with Gasteiger partial charge in [0, 0.05) is 26.7 Å². The van der Waals surface area contributed by atoms with Crippen molar-refractivity contribution in [2.24, 2.45) is 5.92 Å². The van der Waals surface area contributed by atoms with Gasteiger partial charge in [0.05, 0.1) is 0 Å². The zero-order valence-electron chi connectivity index (χ0n) is 16.0. The molecule has 1 aliphatic heterocycles. The number of ether oxygens (including phenoxy) is 3. The summed E-state index contributed by atoms with van der Waals surface area (Å²) in [4.78, 5) is 36.2. The first-order valence-corrected chi connectivity index (χ1v) is 9.01. The average molecular weight is 382 g/mol. The van der Waals surface area contributed by atoms with Gasteiger partial charge < -0.3 is 14.2 Å². The second-order valence-electron chi connectivity index (χ2n) is 7.08. The monoisotopic (exact) mass is 382 g/mol. The molecule has 0 bridgehead atoms. The molecular weight excluding hydrogens is 360 g/mol. The van der Waals surface area contributed by atoms with Gasteiger partial charge in [0.1, 0.15) is 6.61 Å². The van der Waals surface area contributed by atoms with Gasteiger partial charge in [-0.3, -0.25) is 14.4 Å². The fraction of sp³-hybridized carbons (Fsp3) is 0.318. The number of hydrogen-bond acceptors (Lipinski definition) is 6. The van der Waals surface area contributed by atoms with Crippen LogP contribution in [-0.4, -0.2) is 30.3 Å². The topological polar surface area (TPSA) is 78.9 Å². The SMILES string of the molecule is CC(=O)OC/C=C/C(c1ccc2ccccc2c1)C1C(=O)OC(C)(C)OC1=O. The van der Waals surface area contributed by atoms with Crippen LogP contribution in [0.2, 0.25) is 0 Å². The number of carbonyl (C=O) groups excluding carboxylic acids is 3. The third-order valence-corrected chi connectivity index (χ3v) is 4.44. The molecular formula is C22H22O6. The maximum Gasteiger partial charge on any atom is 0.324 e. The average Bonchev–Trinajstić information content (AvgIpc) is 2.61. The Morgan fingerprint density at radius 3 is 2.39 bits per heavy atom. The lowest BCUT2D eigenvalue weighted by molar-refractivity contribution is -0.240. The van der Waals surface area contributed by atoms with Crippen LogP contribution >= 0.6 is 0 Å². The zero-order valence-corrected chi connectivity index (χ0v) is 16.0. The summed E-state index contributed by atoms with van der Waals surface area (Å²) >= 11 is 0. The standard InChI is InChI=1S/C22H22O6/c1-14(23)26-12-6-9-18(19-20(24)27-22(2,3)28-21(19)25)17-11-10-15-7-4-5-8-16(15)13-17/h4-11,13,18-19H,12H2,1-3H3/b9-6+. The third kappa shape index (κ3) is 4.39. The van der Waals surface area contributed by atoms with Crippen LogP contribution in [0.25, 0.3) is 10.8 Å². The minimum atomic E-state index is -1.29. The van der Waals surface area contributed by atoms with Crippen LogP contribution in [0, 0.1) is 5.92 Å². The molecule has 0 aliphatic carbocycles. The molecule has 0 amide bonds. The van der Waals surface area contributed by atoms with E-state index in [2.05, 4.69) is 0 Å². The summed E-state index contributed by atoms with van der Waals surface area (Å²) in [6.07, 6.45) is 3.29. The number of rotatable bonds is 5. The summed E-state index contributed by atoms with van der Waals surface area (Å²) in [5.74, 6) is -4.74. The van der Waals surface area contributed by atoms with Gasteiger partial charge in [-0.05, 0) is 16.3 Å². The number of carbonyl (C=O) groups is 3. The molecule has 1 aliphatic rings. The van der Waals surface area contributed by atoms with Crippen LogP contribution in [0.1, 0.15) is 32.3 Å². The normalized spacial score (nSPS) is 18.0. The summed E-state index contributed by atoms with van der Waals surface area (Å²) < 4.78 is 15.5. The number of esters is 3. The van der Waals surface area contributed by atoms with Gasteiger partial charge in [0.2, 0.25) is 0 Å². The van der Waals surface area contributed by atoms with Crippen molar-refractivity contribution >= 4 is 28.7 Å². The van der Waals surface area contributed by atoms with E-state index < -0.39 is 35.5 Å². The van der Waals surface area contributed by atoms with E-state index in [0.29, 0.717) is 0 Å². The quantitative estimate of drug-likeness (QED) is 0.447. The van der Waals surface area contributed by atoms with Crippen molar-refractivity contribution in [2.45, 2.75) is 32.5 Å². The van der Waals surface area contributed by atoms with Crippen LogP contribution in [0.3, 0.4) is 0 Å². The Balaban J connectivity index is 1.97. The van der Waals surface area contributed by atoms with Crippen molar-refractivity contribution < 1.29 is 28.6 Å². The van der Waals surface area contributed by atoms with E-state index in [1.807, 2.05) is 42.5 Å². The first-order chi connectivity index (χ1) is 13.3. The summed E-state index contributed by atoms with van der Waals surface area (Å²) in [5.41, 5.74) is 0.761. The first-order valence-electron chi connectivity index (χ1n) is 9.01. The molecule has 28 heavy (non-hydrogen) atoms. The molecule has 0 aromatic heterocycles. The van der Waals surface area contributed by atoms with Gasteiger partial charge in [-0.1, -0.05) is 54.6 Å². The molecule has 6 heteroatoms. The number of benzene rings is 2. The molecule has 0 N–H and O–H groups in total. The molecule has 0 spiro atoms. The Morgan fingerprint density at radius 1 is 1.11 bits per heavy atom. The molecule has 2 aromatic carbocycles. The summed E-state index contributed by atoms with van der Waals surface area (Å²) in [5, 5.41) is 2.03. The van der Waals surface area contributed by atoms with Gasteiger partial charge in [0.15, 0.2) is 5.92 Å². The molecule has 1 saturated heterocycles. The number of hydrogen-bond donors (Lipinski definition) is 0. The number of cyclic esters (lactones) is 2. The predicted molar refractivity (Wildman–Crippen MR) is 102 cm³/mol. The van der Waals surface area contributed by atoms with E-state index in [9.17, 15) is 14.4 Å². The highest BCUT2D eigenvalue weighted by Crippen LogP contribution is 2.35. The Morgan fingerprint density at radius 2 is 1.75 bits per heavy atom. The van der Waals surface area contributed by atoms with Gasteiger partial charge in [0.25, 0.3) is 5.79 Å². The maximum absolute atomic E-state index is 12.6. The van der Waals surface area contributed by atoms with Gasteiger partial charge >= 0.3 is 17.9 Å². The van der Waals surface area contributed by atoms with E-state index in [4.69, 9.17) is 14.2 Å². The van der Waals surface area contributed by atoms with E-state index in [-0.39, 0.29) is 6.61 Å². The van der Waals surface area contributed by atoms with Crippen LogP contribution in [0.15, 0.2) is 54.6 Å². The Kier molecular flexibility index (Phi) is 5.49. The van der Waals surface area contributed by atoms with Crippen molar-refractivity contribution in [2.75, 3.05) is 6.61 Å². The molecule has 0 saturated carbocycles. The van der Waals surface area contributed by atoms with Crippen LogP contribution in [0.4, 0.5) is 0 Å². The lowest BCUT2D eigenvalue weighted by Crippen LogP contribution is -2.48. The summed E-state index contributed by atoms with van der Waals surface area (Å²) in [7, 11) is 0. The van der Waals surface area contributed by atoms with Crippen LogP contribution < -0.4 is 0 Å². The van der Waals surface area contributed by atoms with Gasteiger partial charge in [-0.2, -0.15) is 0 Å². The molecule has 1 atom stereocenters. The Bertz CT molecular complexity index is 923. The fourth-order valence-electron chi connectivity index (χ4n) is 3.22. The highest BCUT2D eigenvalue weighted by atomic mass is 16.7. The van der Waals surface area contributed by atoms with Crippen molar-refractivity contribution in [3.05, 3.63) is 60.2 Å². The van der Waals surface area contributed by atoms with Crippen molar-refractivity contribution in [1.29, 1.82) is 0 Å². The van der Waals surface area contributed by atoms with Crippen molar-refractivity contribution in [3.8, 4) is 0 Å². The lowest BCUT2D eigenvalue weighted by Gasteiger charge is -2.35. The lowest BCUT2D eigenvalue weighted by atomic mass is 9.84. The molecule has 1 unspecified atom stereocenters. The smallest absolute Gasteiger partial charge is 0.324 e. The molecule has 1 heterocycles. The maximum atomic E-state index is 12.6. The second kappa shape index (κ2) is 7.84. The minimum absolute atomic E-state index is 0.0434. The van der Waals surface area contributed by atoms with Crippen molar-refractivity contribution in [1.82, 2.24) is 0 Å². The number of allylic oxidation sites excluding steroid dienone is 1. The van der Waals surface area contributed by atoms with E-state index >= 15 is 0 Å². The summed E-state index contributed by atoms with van der Waals surface area (Å²) in [6, 6.07) is 13.5. The summed E-state index contributed by atoms with van der Waals surface area (Å²) in [6.45, 7) is 4.38. The van der Waals surface area contributed by atoms with Gasteiger partial charge in [-0.15, -0.1) is 0 Å². The molecule has 146 valence electrons. The predicted octanol–water partition coefficient (Wildman–Crippen LogP) is 3.50. The second-order valence-corrected chi connectivity index (χ2v) is 7.08. The molecule has 2 aromatic rings. The van der Waals surface area contributed by atoms with Gasteiger partial charge in [-0.25, -0.2) is 0 Å². The van der Waals surface area contributed by atoms with E-state index in [1.165, 1.54) is 20.8 Å².